The first-order valence-electron chi connectivity index (χ1n) is 8.29. The Balaban J connectivity index is 1.78. The SMILES string of the molecule is Cc1cccc(CSCCNC(=O)CN(c2ccccc2)S(C)(=O)=O)c1. The van der Waals surface area contributed by atoms with Crippen LogP contribution < -0.4 is 9.62 Å². The monoisotopic (exact) mass is 392 g/mol. The van der Waals surface area contributed by atoms with Crippen LogP contribution in [0.15, 0.2) is 54.6 Å². The van der Waals surface area contributed by atoms with E-state index in [9.17, 15) is 13.2 Å². The molecule has 0 saturated heterocycles. The van der Waals surface area contributed by atoms with Crippen LogP contribution in [0.4, 0.5) is 5.69 Å². The second kappa shape index (κ2) is 9.64. The Morgan fingerprint density at radius 3 is 2.50 bits per heavy atom. The summed E-state index contributed by atoms with van der Waals surface area (Å²) in [6.07, 6.45) is 1.10. The van der Waals surface area contributed by atoms with Gasteiger partial charge in [0.1, 0.15) is 6.54 Å². The number of para-hydroxylation sites is 1. The summed E-state index contributed by atoms with van der Waals surface area (Å²) in [5, 5.41) is 2.79. The quantitative estimate of drug-likeness (QED) is 0.667. The number of aryl methyl sites for hydroxylation is 1. The summed E-state index contributed by atoms with van der Waals surface area (Å²) in [4.78, 5) is 12.1. The van der Waals surface area contributed by atoms with E-state index < -0.39 is 10.0 Å². The van der Waals surface area contributed by atoms with Crippen molar-refractivity contribution in [1.29, 1.82) is 0 Å². The van der Waals surface area contributed by atoms with E-state index in [4.69, 9.17) is 0 Å². The number of carbonyl (C=O) groups is 1. The molecular formula is C19H24N2O3S2. The van der Waals surface area contributed by atoms with Gasteiger partial charge in [-0.15, -0.1) is 0 Å². The molecule has 0 heterocycles. The van der Waals surface area contributed by atoms with Crippen LogP contribution in [0.3, 0.4) is 0 Å². The average molecular weight is 393 g/mol. The first kappa shape index (κ1) is 20.3. The zero-order valence-electron chi connectivity index (χ0n) is 15.0. The summed E-state index contributed by atoms with van der Waals surface area (Å²) in [6, 6.07) is 17.0. The molecule has 0 saturated carbocycles. The minimum Gasteiger partial charge on any atom is -0.354 e. The number of amides is 1. The fourth-order valence-corrected chi connectivity index (χ4v) is 4.10. The highest BCUT2D eigenvalue weighted by Crippen LogP contribution is 2.16. The molecule has 2 rings (SSSR count). The topological polar surface area (TPSA) is 66.5 Å². The van der Waals surface area contributed by atoms with Crippen LogP contribution in [0.1, 0.15) is 11.1 Å². The van der Waals surface area contributed by atoms with E-state index in [-0.39, 0.29) is 12.5 Å². The minimum atomic E-state index is -3.52. The Hall–Kier alpha value is -1.99. The Labute approximate surface area is 159 Å². The molecule has 2 aromatic rings. The summed E-state index contributed by atoms with van der Waals surface area (Å²) >= 11 is 1.73. The third-order valence-corrected chi connectivity index (χ3v) is 5.82. The fraction of sp³-hybridized carbons (Fsp3) is 0.316. The van der Waals surface area contributed by atoms with Gasteiger partial charge in [0.2, 0.25) is 15.9 Å². The zero-order chi connectivity index (χ0) is 19.0. The van der Waals surface area contributed by atoms with Crippen LogP contribution in [-0.4, -0.2) is 39.4 Å². The van der Waals surface area contributed by atoms with Crippen molar-refractivity contribution in [3.8, 4) is 0 Å². The molecule has 0 aliphatic heterocycles. The smallest absolute Gasteiger partial charge is 0.240 e. The Morgan fingerprint density at radius 2 is 1.85 bits per heavy atom. The lowest BCUT2D eigenvalue weighted by molar-refractivity contribution is -0.119. The third-order valence-electron chi connectivity index (χ3n) is 3.65. The molecule has 0 bridgehead atoms. The molecule has 0 aliphatic rings. The predicted octanol–water partition coefficient (Wildman–Crippen LogP) is 2.81. The first-order chi connectivity index (χ1) is 12.4. The summed E-state index contributed by atoms with van der Waals surface area (Å²) in [5.74, 6) is 1.34. The van der Waals surface area contributed by atoms with Crippen molar-refractivity contribution in [1.82, 2.24) is 5.32 Å². The number of hydrogen-bond acceptors (Lipinski definition) is 4. The summed E-state index contributed by atoms with van der Waals surface area (Å²) < 4.78 is 25.1. The molecule has 0 radical (unpaired) electrons. The summed E-state index contributed by atoms with van der Waals surface area (Å²) in [7, 11) is -3.52. The first-order valence-corrected chi connectivity index (χ1v) is 11.3. The molecule has 26 heavy (non-hydrogen) atoms. The number of nitrogens with zero attached hydrogens (tertiary/aromatic N) is 1. The van der Waals surface area contributed by atoms with Crippen molar-refractivity contribution >= 4 is 33.4 Å². The van der Waals surface area contributed by atoms with E-state index in [1.54, 1.807) is 42.1 Å². The Kier molecular flexibility index (Phi) is 7.53. The van der Waals surface area contributed by atoms with Crippen LogP contribution in [0.25, 0.3) is 0 Å². The molecular weight excluding hydrogens is 368 g/mol. The number of hydrogen-bond donors (Lipinski definition) is 1. The molecule has 7 heteroatoms. The van der Waals surface area contributed by atoms with Crippen LogP contribution in [0.5, 0.6) is 0 Å². The van der Waals surface area contributed by atoms with E-state index in [0.29, 0.717) is 12.2 Å². The average Bonchev–Trinajstić information content (AvgIpc) is 2.59. The summed E-state index contributed by atoms with van der Waals surface area (Å²) in [6.45, 7) is 2.35. The lowest BCUT2D eigenvalue weighted by Gasteiger charge is -2.21. The van der Waals surface area contributed by atoms with Gasteiger partial charge in [0.25, 0.3) is 0 Å². The number of rotatable bonds is 9. The molecule has 0 fully saturated rings. The van der Waals surface area contributed by atoms with Crippen LogP contribution in [-0.2, 0) is 20.6 Å². The molecule has 5 nitrogen and oxygen atoms in total. The highest BCUT2D eigenvalue weighted by molar-refractivity contribution is 7.98. The van der Waals surface area contributed by atoms with Crippen molar-refractivity contribution in [2.24, 2.45) is 0 Å². The highest BCUT2D eigenvalue weighted by Gasteiger charge is 2.20. The number of nitrogens with one attached hydrogen (secondary N) is 1. The fourth-order valence-electron chi connectivity index (χ4n) is 2.44. The molecule has 0 aliphatic carbocycles. The summed E-state index contributed by atoms with van der Waals surface area (Å²) in [5.41, 5.74) is 2.98. The molecule has 0 spiro atoms. The van der Waals surface area contributed by atoms with Gasteiger partial charge < -0.3 is 5.32 Å². The van der Waals surface area contributed by atoms with Gasteiger partial charge in [-0.3, -0.25) is 9.10 Å². The van der Waals surface area contributed by atoms with E-state index in [2.05, 4.69) is 30.4 Å². The maximum absolute atomic E-state index is 12.1. The molecule has 140 valence electrons. The van der Waals surface area contributed by atoms with Gasteiger partial charge in [-0.2, -0.15) is 11.8 Å². The van der Waals surface area contributed by atoms with E-state index in [1.807, 2.05) is 6.07 Å². The van der Waals surface area contributed by atoms with Crippen LogP contribution >= 0.6 is 11.8 Å². The second-order valence-corrected chi connectivity index (χ2v) is 9.01. The van der Waals surface area contributed by atoms with Crippen LogP contribution in [0, 0.1) is 6.92 Å². The van der Waals surface area contributed by atoms with Gasteiger partial charge in [-0.05, 0) is 24.6 Å². The second-order valence-electron chi connectivity index (χ2n) is 6.00. The standard InChI is InChI=1S/C19H24N2O3S2/c1-16-7-6-8-17(13-16)15-25-12-11-20-19(22)14-21(26(2,23)24)18-9-4-3-5-10-18/h3-10,13H,11-12,14-15H2,1-2H3,(H,20,22). The zero-order valence-corrected chi connectivity index (χ0v) is 16.6. The minimum absolute atomic E-state index is 0.217. The largest absolute Gasteiger partial charge is 0.354 e. The maximum atomic E-state index is 12.1. The van der Waals surface area contributed by atoms with Gasteiger partial charge in [0.15, 0.2) is 0 Å². The maximum Gasteiger partial charge on any atom is 0.240 e. The Morgan fingerprint density at radius 1 is 1.12 bits per heavy atom. The molecule has 0 unspecified atom stereocenters. The lowest BCUT2D eigenvalue weighted by Crippen LogP contribution is -2.41. The van der Waals surface area contributed by atoms with Gasteiger partial charge >= 0.3 is 0 Å². The normalized spacial score (nSPS) is 11.2. The third kappa shape index (κ3) is 6.72. The van der Waals surface area contributed by atoms with Crippen molar-refractivity contribution in [2.75, 3.05) is 29.4 Å². The molecule has 1 N–H and O–H groups in total. The number of sulfonamides is 1. The molecule has 0 atom stereocenters. The molecule has 1 amide bonds. The van der Waals surface area contributed by atoms with Crippen LogP contribution in [0.2, 0.25) is 0 Å². The van der Waals surface area contributed by atoms with Gasteiger partial charge in [0.05, 0.1) is 11.9 Å². The van der Waals surface area contributed by atoms with Crippen molar-refractivity contribution in [3.05, 3.63) is 65.7 Å². The van der Waals surface area contributed by atoms with E-state index in [0.717, 1.165) is 22.1 Å². The number of benzene rings is 2. The van der Waals surface area contributed by atoms with Crippen molar-refractivity contribution < 1.29 is 13.2 Å². The van der Waals surface area contributed by atoms with Gasteiger partial charge in [-0.25, -0.2) is 8.42 Å². The lowest BCUT2D eigenvalue weighted by atomic mass is 10.2. The number of anilines is 1. The van der Waals surface area contributed by atoms with E-state index >= 15 is 0 Å². The number of carbonyl (C=O) groups excluding carboxylic acids is 1. The Bertz CT molecular complexity index is 824. The molecule has 2 aromatic carbocycles. The van der Waals surface area contributed by atoms with Crippen molar-refractivity contribution in [2.45, 2.75) is 12.7 Å². The molecule has 0 aromatic heterocycles. The number of thioether (sulfide) groups is 1. The van der Waals surface area contributed by atoms with Gasteiger partial charge in [0, 0.05) is 18.1 Å². The predicted molar refractivity (Wildman–Crippen MR) is 109 cm³/mol. The van der Waals surface area contributed by atoms with E-state index in [1.165, 1.54) is 11.1 Å². The van der Waals surface area contributed by atoms with Crippen molar-refractivity contribution in [3.63, 3.8) is 0 Å². The highest BCUT2D eigenvalue weighted by atomic mass is 32.2. The van der Waals surface area contributed by atoms with Gasteiger partial charge in [-0.1, -0.05) is 48.0 Å².